The summed E-state index contributed by atoms with van der Waals surface area (Å²) in [7, 11) is 0. The van der Waals surface area contributed by atoms with E-state index in [9.17, 15) is 0 Å². The lowest BCUT2D eigenvalue weighted by Gasteiger charge is -2.27. The first-order valence-corrected chi connectivity index (χ1v) is 7.23. The van der Waals surface area contributed by atoms with E-state index in [0.29, 0.717) is 5.56 Å². The predicted molar refractivity (Wildman–Crippen MR) is 80.2 cm³/mol. The van der Waals surface area contributed by atoms with Crippen molar-refractivity contribution in [3.63, 3.8) is 0 Å². The number of hydrogen-bond donors (Lipinski definition) is 2. The van der Waals surface area contributed by atoms with Gasteiger partial charge in [0.1, 0.15) is 11.9 Å². The third kappa shape index (κ3) is 4.16. The normalized spacial score (nSPS) is 19.7. The van der Waals surface area contributed by atoms with Crippen LogP contribution in [0.1, 0.15) is 25.3 Å². The molecule has 6 heteroatoms. The molecule has 0 bridgehead atoms. The van der Waals surface area contributed by atoms with Gasteiger partial charge in [0.15, 0.2) is 0 Å². The van der Waals surface area contributed by atoms with Gasteiger partial charge in [0.25, 0.3) is 0 Å². The molecule has 2 rings (SSSR count). The average Bonchev–Trinajstić information content (AvgIpc) is 3.00. The molecule has 0 saturated carbocycles. The van der Waals surface area contributed by atoms with Crippen LogP contribution >= 0.6 is 0 Å². The fourth-order valence-electron chi connectivity index (χ4n) is 2.54. The van der Waals surface area contributed by atoms with Gasteiger partial charge in [0.05, 0.1) is 23.8 Å². The zero-order valence-electron chi connectivity index (χ0n) is 12.2. The van der Waals surface area contributed by atoms with Crippen molar-refractivity contribution in [3.8, 4) is 12.1 Å². The molecule has 0 spiro atoms. The lowest BCUT2D eigenvalue weighted by molar-refractivity contribution is 0.192. The molecular weight excluding hydrogens is 264 g/mol. The van der Waals surface area contributed by atoms with Gasteiger partial charge in [0, 0.05) is 25.8 Å². The second kappa shape index (κ2) is 7.58. The second-order valence-electron chi connectivity index (χ2n) is 5.13. The van der Waals surface area contributed by atoms with E-state index >= 15 is 0 Å². The summed E-state index contributed by atoms with van der Waals surface area (Å²) in [5.74, 6) is 0.763. The maximum absolute atomic E-state index is 9.09. The Morgan fingerprint density at radius 1 is 1.43 bits per heavy atom. The Balaban J connectivity index is 1.69. The van der Waals surface area contributed by atoms with Crippen molar-refractivity contribution in [3.05, 3.63) is 23.9 Å². The summed E-state index contributed by atoms with van der Waals surface area (Å²) in [5, 5.41) is 24.4. The van der Waals surface area contributed by atoms with Gasteiger partial charge in [0.2, 0.25) is 0 Å². The number of aromatic nitrogens is 1. The Morgan fingerprint density at radius 2 is 2.29 bits per heavy atom. The Kier molecular flexibility index (Phi) is 5.51. The minimum absolute atomic E-state index is 0.0423. The molecule has 0 radical (unpaired) electrons. The van der Waals surface area contributed by atoms with Crippen molar-refractivity contribution >= 4 is 5.82 Å². The Hall–Kier alpha value is -2.15. The van der Waals surface area contributed by atoms with Crippen LogP contribution in [-0.4, -0.2) is 41.7 Å². The minimum atomic E-state index is 0.0423. The van der Waals surface area contributed by atoms with Gasteiger partial charge in [-0.25, -0.2) is 4.98 Å². The van der Waals surface area contributed by atoms with Crippen molar-refractivity contribution in [2.75, 3.05) is 25.0 Å². The summed E-state index contributed by atoms with van der Waals surface area (Å²) in [6.45, 7) is 4.61. The second-order valence-corrected chi connectivity index (χ2v) is 5.13. The number of nitrogens with one attached hydrogen (secondary N) is 2. The number of pyridine rings is 1. The molecule has 21 heavy (non-hydrogen) atoms. The van der Waals surface area contributed by atoms with E-state index in [1.54, 1.807) is 18.3 Å². The van der Waals surface area contributed by atoms with Crippen molar-refractivity contribution in [2.45, 2.75) is 32.0 Å². The maximum Gasteiger partial charge on any atom is 0.126 e. The van der Waals surface area contributed by atoms with E-state index in [2.05, 4.69) is 33.5 Å². The van der Waals surface area contributed by atoms with Crippen LogP contribution in [-0.2, 0) is 0 Å². The van der Waals surface area contributed by atoms with Gasteiger partial charge in [-0.15, -0.1) is 0 Å². The van der Waals surface area contributed by atoms with Gasteiger partial charge in [-0.1, -0.05) is 0 Å². The van der Waals surface area contributed by atoms with Crippen molar-refractivity contribution in [2.24, 2.45) is 0 Å². The lowest BCUT2D eigenvalue weighted by atomic mass is 10.2. The molecule has 6 nitrogen and oxygen atoms in total. The zero-order valence-corrected chi connectivity index (χ0v) is 12.2. The largest absolute Gasteiger partial charge is 0.369 e. The Labute approximate surface area is 125 Å². The van der Waals surface area contributed by atoms with E-state index in [-0.39, 0.29) is 12.2 Å². The highest BCUT2D eigenvalue weighted by Gasteiger charge is 2.27. The molecule has 1 aliphatic rings. The first kappa shape index (κ1) is 15.2. The van der Waals surface area contributed by atoms with E-state index < -0.39 is 0 Å². The molecular formula is C15H20N6. The summed E-state index contributed by atoms with van der Waals surface area (Å²) in [4.78, 5) is 6.36. The summed E-state index contributed by atoms with van der Waals surface area (Å²) < 4.78 is 0. The molecule has 2 N–H and O–H groups in total. The van der Waals surface area contributed by atoms with Crippen LogP contribution in [0.4, 0.5) is 5.82 Å². The third-order valence-electron chi connectivity index (χ3n) is 3.70. The highest BCUT2D eigenvalue weighted by atomic mass is 15.3. The van der Waals surface area contributed by atoms with Gasteiger partial charge >= 0.3 is 0 Å². The van der Waals surface area contributed by atoms with Gasteiger partial charge in [-0.2, -0.15) is 10.5 Å². The summed E-state index contributed by atoms with van der Waals surface area (Å²) in [5.41, 5.74) is 0.559. The average molecular weight is 284 g/mol. The first-order chi connectivity index (χ1) is 10.2. The molecule has 1 saturated heterocycles. The number of likely N-dealkylation sites (tertiary alicyclic amines) is 1. The van der Waals surface area contributed by atoms with Crippen LogP contribution in [0.15, 0.2) is 18.3 Å². The first-order valence-electron chi connectivity index (χ1n) is 7.23. The zero-order chi connectivity index (χ0) is 15.1. The molecule has 1 fully saturated rings. The van der Waals surface area contributed by atoms with Gasteiger partial charge in [-0.05, 0) is 31.9 Å². The number of nitriles is 2. The fraction of sp³-hybridized carbons (Fsp3) is 0.533. The quantitative estimate of drug-likeness (QED) is 0.765. The molecule has 1 aliphatic heterocycles. The number of hydrogen-bond acceptors (Lipinski definition) is 6. The topological polar surface area (TPSA) is 87.8 Å². The van der Waals surface area contributed by atoms with Gasteiger partial charge in [-0.3, -0.25) is 4.90 Å². The molecule has 1 aromatic rings. The molecule has 0 aromatic carbocycles. The molecule has 2 heterocycles. The van der Waals surface area contributed by atoms with Crippen LogP contribution in [0.25, 0.3) is 0 Å². The summed E-state index contributed by atoms with van der Waals surface area (Å²) >= 11 is 0. The Bertz CT molecular complexity index is 527. The third-order valence-corrected chi connectivity index (χ3v) is 3.70. The Morgan fingerprint density at radius 3 is 2.95 bits per heavy atom. The SMILES string of the molecule is CC(NCCNc1ccc(C#N)cn1)N1CCC[C@H]1C#N. The van der Waals surface area contributed by atoms with Crippen molar-refractivity contribution in [1.82, 2.24) is 15.2 Å². The molecule has 1 aromatic heterocycles. The van der Waals surface area contributed by atoms with E-state index in [1.165, 1.54) is 0 Å². The van der Waals surface area contributed by atoms with Crippen LogP contribution in [0.5, 0.6) is 0 Å². The molecule has 110 valence electrons. The smallest absolute Gasteiger partial charge is 0.126 e. The minimum Gasteiger partial charge on any atom is -0.369 e. The number of rotatable bonds is 6. The van der Waals surface area contributed by atoms with Crippen LogP contribution in [0, 0.1) is 22.7 Å². The van der Waals surface area contributed by atoms with Crippen LogP contribution in [0.3, 0.4) is 0 Å². The standard InChI is InChI=1S/C15H20N6/c1-12(21-8-2-3-14(21)10-17)18-6-7-19-15-5-4-13(9-16)11-20-15/h4-5,11-12,14,18H,2-3,6-8H2,1H3,(H,19,20)/t12?,14-/m0/s1. The predicted octanol–water partition coefficient (Wildman–Crippen LogP) is 1.29. The van der Waals surface area contributed by atoms with E-state index in [0.717, 1.165) is 38.3 Å². The molecule has 0 aliphatic carbocycles. The van der Waals surface area contributed by atoms with Crippen LogP contribution in [0.2, 0.25) is 0 Å². The monoisotopic (exact) mass is 284 g/mol. The molecule has 0 amide bonds. The summed E-state index contributed by atoms with van der Waals surface area (Å²) in [6, 6.07) is 7.98. The maximum atomic E-state index is 9.09. The lowest BCUT2D eigenvalue weighted by Crippen LogP contribution is -2.46. The van der Waals surface area contributed by atoms with E-state index in [1.807, 2.05) is 6.07 Å². The highest BCUT2D eigenvalue weighted by molar-refractivity contribution is 5.38. The highest BCUT2D eigenvalue weighted by Crippen LogP contribution is 2.18. The van der Waals surface area contributed by atoms with Gasteiger partial charge < -0.3 is 10.6 Å². The number of anilines is 1. The molecule has 2 atom stereocenters. The van der Waals surface area contributed by atoms with Crippen molar-refractivity contribution < 1.29 is 0 Å². The van der Waals surface area contributed by atoms with Crippen molar-refractivity contribution in [1.29, 1.82) is 10.5 Å². The fourth-order valence-corrected chi connectivity index (χ4v) is 2.54. The molecule has 1 unspecified atom stereocenters. The summed E-state index contributed by atoms with van der Waals surface area (Å²) in [6.07, 6.45) is 3.82. The number of nitrogens with zero attached hydrogens (tertiary/aromatic N) is 4. The van der Waals surface area contributed by atoms with E-state index in [4.69, 9.17) is 10.5 Å². The van der Waals surface area contributed by atoms with Crippen LogP contribution < -0.4 is 10.6 Å².